The Morgan fingerprint density at radius 3 is 2.55 bits per heavy atom. The number of fused-ring (bicyclic) bond motifs is 1. The molecule has 1 aliphatic rings. The minimum atomic E-state index is -0.768. The zero-order chi connectivity index (χ0) is 27.1. The standard InChI is InChI=1S/C28H25N3O7/c1-2-3-14-35-19-10-8-18(9-11-19)27-21-13-12-20(15-25(21)38-28(30)22(27)16-29)37-26(32)17-36-24-7-5-4-6-23(24)31(33)34/h4-13,15,27H,2-3,14,17,30H2,1H3. The summed E-state index contributed by atoms with van der Waals surface area (Å²) in [6.45, 7) is 2.17. The lowest BCUT2D eigenvalue weighted by molar-refractivity contribution is -0.385. The zero-order valence-corrected chi connectivity index (χ0v) is 20.6. The summed E-state index contributed by atoms with van der Waals surface area (Å²) in [5.74, 6) is -0.122. The Hall–Kier alpha value is -5.04. The SMILES string of the molecule is CCCCOc1ccc(C2C(C#N)=C(N)Oc3cc(OC(=O)COc4ccccc4[N+](=O)[O-])ccc32)cc1. The van der Waals surface area contributed by atoms with Gasteiger partial charge in [0.25, 0.3) is 0 Å². The van der Waals surface area contributed by atoms with Crippen LogP contribution in [0.25, 0.3) is 0 Å². The molecule has 2 N–H and O–H groups in total. The summed E-state index contributed by atoms with van der Waals surface area (Å²) in [6.07, 6.45) is 1.99. The molecule has 0 aromatic heterocycles. The molecule has 0 spiro atoms. The number of carbonyl (C=O) groups is 1. The maximum absolute atomic E-state index is 12.4. The Labute approximate surface area is 219 Å². The quantitative estimate of drug-likeness (QED) is 0.130. The average Bonchev–Trinajstić information content (AvgIpc) is 2.92. The predicted molar refractivity (Wildman–Crippen MR) is 137 cm³/mol. The van der Waals surface area contributed by atoms with E-state index < -0.39 is 23.4 Å². The van der Waals surface area contributed by atoms with Gasteiger partial charge in [-0.25, -0.2) is 4.79 Å². The highest BCUT2D eigenvalue weighted by atomic mass is 16.6. The molecule has 0 saturated heterocycles. The summed E-state index contributed by atoms with van der Waals surface area (Å²) in [4.78, 5) is 22.9. The van der Waals surface area contributed by atoms with Crippen LogP contribution >= 0.6 is 0 Å². The van der Waals surface area contributed by atoms with Crippen LogP contribution in [0.3, 0.4) is 0 Å². The smallest absolute Gasteiger partial charge is 0.349 e. The second-order valence-corrected chi connectivity index (χ2v) is 8.38. The van der Waals surface area contributed by atoms with Gasteiger partial charge < -0.3 is 24.7 Å². The summed E-state index contributed by atoms with van der Waals surface area (Å²) in [6, 6.07) is 20.1. The van der Waals surface area contributed by atoms with Crippen molar-refractivity contribution in [1.29, 1.82) is 5.26 Å². The van der Waals surface area contributed by atoms with E-state index in [0.717, 1.165) is 24.2 Å². The predicted octanol–water partition coefficient (Wildman–Crippen LogP) is 4.98. The molecular weight excluding hydrogens is 490 g/mol. The number of nitriles is 1. The fraction of sp³-hybridized carbons (Fsp3) is 0.214. The van der Waals surface area contributed by atoms with Gasteiger partial charge in [0.15, 0.2) is 12.4 Å². The maximum Gasteiger partial charge on any atom is 0.349 e. The van der Waals surface area contributed by atoms with Crippen LogP contribution in [0.2, 0.25) is 0 Å². The first kappa shape index (κ1) is 26.0. The Kier molecular flexibility index (Phi) is 8.08. The lowest BCUT2D eigenvalue weighted by Gasteiger charge is -2.26. The molecule has 4 rings (SSSR count). The van der Waals surface area contributed by atoms with Crippen molar-refractivity contribution in [3.05, 3.63) is 99.4 Å². The highest BCUT2D eigenvalue weighted by Crippen LogP contribution is 2.43. The lowest BCUT2D eigenvalue weighted by atomic mass is 9.83. The first-order chi connectivity index (χ1) is 18.4. The Bertz CT molecular complexity index is 1410. The number of ether oxygens (including phenoxy) is 4. The number of nitro benzene ring substituents is 1. The van der Waals surface area contributed by atoms with Crippen LogP contribution in [-0.2, 0) is 4.79 Å². The number of nitro groups is 1. The summed E-state index contributed by atoms with van der Waals surface area (Å²) < 4.78 is 22.0. The molecule has 10 heteroatoms. The Morgan fingerprint density at radius 1 is 1.11 bits per heavy atom. The molecule has 38 heavy (non-hydrogen) atoms. The minimum Gasteiger partial charge on any atom is -0.494 e. The summed E-state index contributed by atoms with van der Waals surface area (Å²) in [7, 11) is 0. The molecule has 1 unspecified atom stereocenters. The highest BCUT2D eigenvalue weighted by Gasteiger charge is 2.31. The molecule has 194 valence electrons. The summed E-state index contributed by atoms with van der Waals surface area (Å²) >= 11 is 0. The fourth-order valence-corrected chi connectivity index (χ4v) is 3.96. The number of carbonyl (C=O) groups excluding carboxylic acids is 1. The van der Waals surface area contributed by atoms with E-state index in [-0.39, 0.29) is 28.6 Å². The second kappa shape index (κ2) is 11.8. The van der Waals surface area contributed by atoms with Gasteiger partial charge in [-0.2, -0.15) is 5.26 Å². The Morgan fingerprint density at radius 2 is 1.84 bits per heavy atom. The Balaban J connectivity index is 1.50. The van der Waals surface area contributed by atoms with Crippen LogP contribution in [0.4, 0.5) is 5.69 Å². The van der Waals surface area contributed by atoms with Gasteiger partial charge >= 0.3 is 11.7 Å². The molecule has 10 nitrogen and oxygen atoms in total. The van der Waals surface area contributed by atoms with Gasteiger partial charge in [0.1, 0.15) is 28.9 Å². The number of hydrogen-bond donors (Lipinski definition) is 1. The first-order valence-corrected chi connectivity index (χ1v) is 11.9. The van der Waals surface area contributed by atoms with Crippen LogP contribution in [0.15, 0.2) is 78.2 Å². The van der Waals surface area contributed by atoms with Gasteiger partial charge in [-0.3, -0.25) is 10.1 Å². The number of rotatable bonds is 10. The number of para-hydroxylation sites is 2. The topological polar surface area (TPSA) is 147 Å². The summed E-state index contributed by atoms with van der Waals surface area (Å²) in [5.41, 5.74) is 7.57. The van der Waals surface area contributed by atoms with Gasteiger partial charge in [-0.15, -0.1) is 0 Å². The third kappa shape index (κ3) is 5.84. The number of esters is 1. The summed E-state index contributed by atoms with van der Waals surface area (Å²) in [5, 5.41) is 20.9. The van der Waals surface area contributed by atoms with Crippen LogP contribution in [-0.4, -0.2) is 24.1 Å². The molecule has 0 saturated carbocycles. The van der Waals surface area contributed by atoms with Crippen LogP contribution < -0.4 is 24.7 Å². The normalized spacial score (nSPS) is 14.1. The van der Waals surface area contributed by atoms with Crippen LogP contribution in [0.1, 0.15) is 36.8 Å². The lowest BCUT2D eigenvalue weighted by Crippen LogP contribution is -2.21. The molecule has 0 amide bonds. The highest BCUT2D eigenvalue weighted by molar-refractivity contribution is 5.74. The van der Waals surface area contributed by atoms with E-state index in [0.29, 0.717) is 17.9 Å². The zero-order valence-electron chi connectivity index (χ0n) is 20.6. The van der Waals surface area contributed by atoms with E-state index in [9.17, 15) is 20.2 Å². The number of nitrogens with two attached hydrogens (primary N) is 1. The van der Waals surface area contributed by atoms with E-state index in [2.05, 4.69) is 13.0 Å². The molecular formula is C28H25N3O7. The van der Waals surface area contributed by atoms with Crippen LogP contribution in [0.5, 0.6) is 23.0 Å². The van der Waals surface area contributed by atoms with Crippen molar-refractivity contribution in [1.82, 2.24) is 0 Å². The third-order valence-corrected chi connectivity index (χ3v) is 5.81. The number of allylic oxidation sites excluding steroid dienone is 1. The number of unbranched alkanes of at least 4 members (excludes halogenated alkanes) is 1. The van der Waals surface area contributed by atoms with Crippen molar-refractivity contribution >= 4 is 11.7 Å². The first-order valence-electron chi connectivity index (χ1n) is 11.9. The maximum atomic E-state index is 12.4. The van der Waals surface area contributed by atoms with Gasteiger partial charge in [-0.05, 0) is 36.2 Å². The van der Waals surface area contributed by atoms with E-state index in [1.165, 1.54) is 24.3 Å². The van der Waals surface area contributed by atoms with E-state index in [1.807, 2.05) is 24.3 Å². The molecule has 0 fully saturated rings. The number of nitrogens with zero attached hydrogens (tertiary/aromatic N) is 2. The number of benzene rings is 3. The van der Waals surface area contributed by atoms with Crippen molar-refractivity contribution in [2.75, 3.05) is 13.2 Å². The van der Waals surface area contributed by atoms with Crippen molar-refractivity contribution in [2.45, 2.75) is 25.7 Å². The van der Waals surface area contributed by atoms with Crippen molar-refractivity contribution in [2.24, 2.45) is 5.73 Å². The minimum absolute atomic E-state index is 0.0449. The second-order valence-electron chi connectivity index (χ2n) is 8.38. The van der Waals surface area contributed by atoms with Gasteiger partial charge in [-0.1, -0.05) is 43.7 Å². The molecule has 0 bridgehead atoms. The monoisotopic (exact) mass is 515 g/mol. The molecule has 3 aromatic carbocycles. The largest absolute Gasteiger partial charge is 0.494 e. The van der Waals surface area contributed by atoms with E-state index in [1.54, 1.807) is 18.2 Å². The molecule has 1 heterocycles. The molecule has 0 aliphatic carbocycles. The van der Waals surface area contributed by atoms with E-state index in [4.69, 9.17) is 24.7 Å². The molecule has 1 aliphatic heterocycles. The van der Waals surface area contributed by atoms with Gasteiger partial charge in [0.05, 0.1) is 17.4 Å². The fourth-order valence-electron chi connectivity index (χ4n) is 3.96. The van der Waals surface area contributed by atoms with Gasteiger partial charge in [0, 0.05) is 17.7 Å². The molecule has 3 aromatic rings. The number of hydrogen-bond acceptors (Lipinski definition) is 9. The molecule has 0 radical (unpaired) electrons. The van der Waals surface area contributed by atoms with Crippen molar-refractivity contribution < 1.29 is 28.7 Å². The van der Waals surface area contributed by atoms with Crippen LogP contribution in [0, 0.1) is 21.4 Å². The van der Waals surface area contributed by atoms with Crippen molar-refractivity contribution in [3.8, 4) is 29.1 Å². The molecule has 1 atom stereocenters. The van der Waals surface area contributed by atoms with E-state index >= 15 is 0 Å². The van der Waals surface area contributed by atoms with Crippen molar-refractivity contribution in [3.63, 3.8) is 0 Å². The average molecular weight is 516 g/mol. The third-order valence-electron chi connectivity index (χ3n) is 5.81. The van der Waals surface area contributed by atoms with Gasteiger partial charge in [0.2, 0.25) is 5.88 Å².